The lowest BCUT2D eigenvalue weighted by atomic mass is 9.99. The summed E-state index contributed by atoms with van der Waals surface area (Å²) in [6, 6.07) is 1.84. The predicted molar refractivity (Wildman–Crippen MR) is 64.4 cm³/mol. The second-order valence-electron chi connectivity index (χ2n) is 4.61. The molecule has 2 unspecified atom stereocenters. The molecule has 4 nitrogen and oxygen atoms in total. The van der Waals surface area contributed by atoms with E-state index in [9.17, 15) is 13.2 Å². The molecule has 0 bridgehead atoms. The molecule has 0 aliphatic heterocycles. The van der Waals surface area contributed by atoms with E-state index in [0.29, 0.717) is 11.5 Å². The van der Waals surface area contributed by atoms with Gasteiger partial charge >= 0.3 is 6.18 Å². The van der Waals surface area contributed by atoms with E-state index in [0.717, 1.165) is 18.7 Å². The minimum atomic E-state index is -4.39. The van der Waals surface area contributed by atoms with E-state index in [1.165, 1.54) is 10.5 Å². The molecular weight excluding hydrogens is 257 g/mol. The minimum absolute atomic E-state index is 0.113. The van der Waals surface area contributed by atoms with Crippen molar-refractivity contribution in [2.24, 2.45) is 11.7 Å². The zero-order chi connectivity index (χ0) is 14.2. The van der Waals surface area contributed by atoms with Crippen LogP contribution in [0.25, 0.3) is 5.65 Å². The lowest BCUT2D eigenvalue weighted by molar-refractivity contribution is -0.137. The summed E-state index contributed by atoms with van der Waals surface area (Å²) >= 11 is 0. The largest absolute Gasteiger partial charge is 0.417 e. The summed E-state index contributed by atoms with van der Waals surface area (Å²) in [5, 5.41) is 7.75. The van der Waals surface area contributed by atoms with Gasteiger partial charge in [-0.2, -0.15) is 13.2 Å². The molecule has 2 aromatic rings. The number of nitrogens with zero attached hydrogens (tertiary/aromatic N) is 3. The Hall–Kier alpha value is -1.63. The van der Waals surface area contributed by atoms with Gasteiger partial charge in [-0.1, -0.05) is 20.3 Å². The summed E-state index contributed by atoms with van der Waals surface area (Å²) in [6.45, 7) is 3.90. The zero-order valence-electron chi connectivity index (χ0n) is 10.6. The van der Waals surface area contributed by atoms with Crippen molar-refractivity contribution in [1.82, 2.24) is 14.6 Å². The van der Waals surface area contributed by atoms with Crippen molar-refractivity contribution in [3.8, 4) is 0 Å². The summed E-state index contributed by atoms with van der Waals surface area (Å²) in [5.74, 6) is 0.470. The number of nitrogens with two attached hydrogens (primary N) is 1. The van der Waals surface area contributed by atoms with Crippen LogP contribution in [0, 0.1) is 5.92 Å². The third kappa shape index (κ3) is 2.56. The molecule has 2 N–H and O–H groups in total. The lowest BCUT2D eigenvalue weighted by Gasteiger charge is -2.16. The maximum absolute atomic E-state index is 12.7. The maximum atomic E-state index is 12.7. The zero-order valence-corrected chi connectivity index (χ0v) is 10.6. The van der Waals surface area contributed by atoms with Gasteiger partial charge in [-0.3, -0.25) is 4.40 Å². The Morgan fingerprint density at radius 2 is 2.00 bits per heavy atom. The lowest BCUT2D eigenvalue weighted by Crippen LogP contribution is -2.21. The summed E-state index contributed by atoms with van der Waals surface area (Å²) in [6.07, 6.45) is -2.59. The van der Waals surface area contributed by atoms with Crippen LogP contribution in [0.5, 0.6) is 0 Å². The number of halogens is 3. The Bertz CT molecular complexity index is 576. The molecule has 2 heterocycles. The molecule has 19 heavy (non-hydrogen) atoms. The molecule has 2 rings (SSSR count). The molecular formula is C12H15F3N4. The Labute approximate surface area is 108 Å². The average Bonchev–Trinajstić information content (AvgIpc) is 2.78. The first-order valence-corrected chi connectivity index (χ1v) is 6.02. The molecule has 0 aromatic carbocycles. The Kier molecular flexibility index (Phi) is 3.49. The normalized spacial score (nSPS) is 15.7. The molecule has 0 fully saturated rings. The number of rotatable bonds is 3. The summed E-state index contributed by atoms with van der Waals surface area (Å²) in [7, 11) is 0. The Balaban J connectivity index is 2.51. The molecule has 2 aromatic heterocycles. The van der Waals surface area contributed by atoms with Gasteiger partial charge in [0.25, 0.3) is 0 Å². The molecule has 104 valence electrons. The highest BCUT2D eigenvalue weighted by molar-refractivity contribution is 5.40. The van der Waals surface area contributed by atoms with Crippen LogP contribution in [0.3, 0.4) is 0 Å². The van der Waals surface area contributed by atoms with Crippen LogP contribution in [0.4, 0.5) is 13.2 Å². The number of alkyl halides is 3. The van der Waals surface area contributed by atoms with E-state index in [1.807, 2.05) is 13.8 Å². The molecule has 0 aliphatic rings. The molecule has 0 amide bonds. The van der Waals surface area contributed by atoms with Crippen molar-refractivity contribution in [1.29, 1.82) is 0 Å². The maximum Gasteiger partial charge on any atom is 0.417 e. The molecule has 7 heteroatoms. The van der Waals surface area contributed by atoms with Gasteiger partial charge in [-0.05, 0) is 18.1 Å². The number of pyridine rings is 1. The van der Waals surface area contributed by atoms with Crippen LogP contribution < -0.4 is 5.73 Å². The topological polar surface area (TPSA) is 56.2 Å². The number of aromatic nitrogens is 3. The minimum Gasteiger partial charge on any atom is -0.321 e. The third-order valence-corrected chi connectivity index (χ3v) is 3.31. The first kappa shape index (κ1) is 13.8. The van der Waals surface area contributed by atoms with Crippen molar-refractivity contribution in [3.05, 3.63) is 29.7 Å². The van der Waals surface area contributed by atoms with Gasteiger partial charge in [0, 0.05) is 6.20 Å². The van der Waals surface area contributed by atoms with Gasteiger partial charge in [0.15, 0.2) is 11.5 Å². The SMILES string of the molecule is CCC(C)C(N)c1nnc2ccc(C(F)(F)F)cn12. The van der Waals surface area contributed by atoms with E-state index in [4.69, 9.17) is 5.73 Å². The van der Waals surface area contributed by atoms with E-state index < -0.39 is 17.8 Å². The fourth-order valence-corrected chi connectivity index (χ4v) is 1.81. The van der Waals surface area contributed by atoms with Gasteiger partial charge in [-0.25, -0.2) is 0 Å². The van der Waals surface area contributed by atoms with E-state index >= 15 is 0 Å². The molecule has 2 atom stereocenters. The monoisotopic (exact) mass is 272 g/mol. The van der Waals surface area contributed by atoms with Crippen molar-refractivity contribution in [2.75, 3.05) is 0 Å². The van der Waals surface area contributed by atoms with E-state index in [1.54, 1.807) is 0 Å². The summed E-state index contributed by atoms with van der Waals surface area (Å²) in [4.78, 5) is 0. The van der Waals surface area contributed by atoms with Crippen LogP contribution in [-0.4, -0.2) is 14.6 Å². The predicted octanol–water partition coefficient (Wildman–Crippen LogP) is 2.79. The smallest absolute Gasteiger partial charge is 0.321 e. The summed E-state index contributed by atoms with van der Waals surface area (Å²) < 4.78 is 39.4. The molecule has 0 radical (unpaired) electrons. The standard InChI is InChI=1S/C12H15F3N4/c1-3-7(2)10(16)11-18-17-9-5-4-8(6-19(9)11)12(13,14)15/h4-7,10H,3,16H2,1-2H3. The van der Waals surface area contributed by atoms with Crippen LogP contribution in [0.15, 0.2) is 18.3 Å². The third-order valence-electron chi connectivity index (χ3n) is 3.31. The molecule has 0 saturated heterocycles. The molecule has 0 saturated carbocycles. The van der Waals surface area contributed by atoms with Crippen molar-refractivity contribution in [2.45, 2.75) is 32.5 Å². The van der Waals surface area contributed by atoms with Crippen LogP contribution in [-0.2, 0) is 6.18 Å². The van der Waals surface area contributed by atoms with Crippen molar-refractivity contribution >= 4 is 5.65 Å². The van der Waals surface area contributed by atoms with Gasteiger partial charge in [0.1, 0.15) is 0 Å². The van der Waals surface area contributed by atoms with Gasteiger partial charge in [0.2, 0.25) is 0 Å². The fourth-order valence-electron chi connectivity index (χ4n) is 1.81. The Morgan fingerprint density at radius 3 is 2.58 bits per heavy atom. The van der Waals surface area contributed by atoms with E-state index in [-0.39, 0.29) is 5.92 Å². The second-order valence-corrected chi connectivity index (χ2v) is 4.61. The van der Waals surface area contributed by atoms with Gasteiger partial charge in [0.05, 0.1) is 11.6 Å². The quantitative estimate of drug-likeness (QED) is 0.934. The molecule has 0 aliphatic carbocycles. The first-order chi connectivity index (χ1) is 8.84. The van der Waals surface area contributed by atoms with E-state index in [2.05, 4.69) is 10.2 Å². The highest BCUT2D eigenvalue weighted by Crippen LogP contribution is 2.30. The van der Waals surface area contributed by atoms with Gasteiger partial charge < -0.3 is 5.73 Å². The highest BCUT2D eigenvalue weighted by Gasteiger charge is 2.31. The second kappa shape index (κ2) is 4.80. The van der Waals surface area contributed by atoms with Gasteiger partial charge in [-0.15, -0.1) is 10.2 Å². The number of hydrogen-bond acceptors (Lipinski definition) is 3. The highest BCUT2D eigenvalue weighted by atomic mass is 19.4. The van der Waals surface area contributed by atoms with Crippen LogP contribution in [0.1, 0.15) is 37.7 Å². The van der Waals surface area contributed by atoms with Crippen molar-refractivity contribution in [3.63, 3.8) is 0 Å². The van der Waals surface area contributed by atoms with Crippen molar-refractivity contribution < 1.29 is 13.2 Å². The first-order valence-electron chi connectivity index (χ1n) is 6.02. The van der Waals surface area contributed by atoms with Crippen LogP contribution in [0.2, 0.25) is 0 Å². The Morgan fingerprint density at radius 1 is 1.32 bits per heavy atom. The fraction of sp³-hybridized carbons (Fsp3) is 0.500. The number of hydrogen-bond donors (Lipinski definition) is 1. The molecule has 0 spiro atoms. The van der Waals surface area contributed by atoms with Crippen LogP contribution >= 0.6 is 0 Å². The number of fused-ring (bicyclic) bond motifs is 1. The summed E-state index contributed by atoms with van der Waals surface area (Å²) in [5.41, 5.74) is 5.64. The average molecular weight is 272 g/mol.